The fourth-order valence-electron chi connectivity index (χ4n) is 2.19. The molecular formula is C15H23ClO2. The molecular weight excluding hydrogens is 248 g/mol. The number of allylic oxidation sites excluding steroid dienone is 3. The number of carbonyl (C=O) groups excluding carboxylic acids is 1. The van der Waals surface area contributed by atoms with Crippen LogP contribution in [0.2, 0.25) is 0 Å². The van der Waals surface area contributed by atoms with Gasteiger partial charge in [-0.15, -0.1) is 0 Å². The Morgan fingerprint density at radius 3 is 2.61 bits per heavy atom. The van der Waals surface area contributed by atoms with Crippen LogP contribution in [0, 0.1) is 17.3 Å². The average Bonchev–Trinajstić information content (AvgIpc) is 2.50. The summed E-state index contributed by atoms with van der Waals surface area (Å²) in [6.07, 6.45) is 7.58. The van der Waals surface area contributed by atoms with E-state index in [0.29, 0.717) is 5.92 Å². The molecule has 0 radical (unpaired) electrons. The van der Waals surface area contributed by atoms with Crippen molar-refractivity contribution >= 4 is 17.0 Å². The highest BCUT2D eigenvalue weighted by molar-refractivity contribution is 6.61. The monoisotopic (exact) mass is 270 g/mol. The maximum atomic E-state index is 10.7. The maximum absolute atomic E-state index is 10.7. The molecule has 0 bridgehead atoms. The summed E-state index contributed by atoms with van der Waals surface area (Å²) in [7, 11) is 0. The second-order valence-corrected chi connectivity index (χ2v) is 6.06. The van der Waals surface area contributed by atoms with E-state index in [2.05, 4.69) is 39.0 Å². The van der Waals surface area contributed by atoms with Gasteiger partial charge in [0.15, 0.2) is 0 Å². The fraction of sp³-hybridized carbons (Fsp3) is 0.667. The minimum absolute atomic E-state index is 0.171. The van der Waals surface area contributed by atoms with Crippen LogP contribution in [0.4, 0.5) is 4.79 Å². The van der Waals surface area contributed by atoms with E-state index in [1.54, 1.807) is 0 Å². The van der Waals surface area contributed by atoms with E-state index < -0.39 is 5.43 Å². The summed E-state index contributed by atoms with van der Waals surface area (Å²) < 4.78 is 4.96. The molecule has 3 atom stereocenters. The Kier molecular flexibility index (Phi) is 5.03. The van der Waals surface area contributed by atoms with Crippen molar-refractivity contribution in [3.05, 3.63) is 23.8 Å². The van der Waals surface area contributed by atoms with E-state index in [-0.39, 0.29) is 17.4 Å². The van der Waals surface area contributed by atoms with Crippen molar-refractivity contribution in [1.29, 1.82) is 0 Å². The molecule has 0 saturated heterocycles. The quantitative estimate of drug-likeness (QED) is 0.534. The highest BCUT2D eigenvalue weighted by Crippen LogP contribution is 2.43. The van der Waals surface area contributed by atoms with Crippen LogP contribution in [0.1, 0.15) is 41.0 Å². The van der Waals surface area contributed by atoms with Gasteiger partial charge < -0.3 is 4.74 Å². The predicted octanol–water partition coefficient (Wildman–Crippen LogP) is 4.94. The van der Waals surface area contributed by atoms with Gasteiger partial charge in [-0.25, -0.2) is 4.79 Å². The average molecular weight is 271 g/mol. The smallest absolute Gasteiger partial charge is 0.404 e. The largest absolute Gasteiger partial charge is 0.450 e. The zero-order valence-electron chi connectivity index (χ0n) is 11.9. The van der Waals surface area contributed by atoms with Gasteiger partial charge in [0.1, 0.15) is 6.10 Å². The summed E-state index contributed by atoms with van der Waals surface area (Å²) in [5.41, 5.74) is 0.939. The number of carbonyl (C=O) groups is 1. The molecule has 0 fully saturated rings. The number of ether oxygens (including phenoxy) is 1. The second kappa shape index (κ2) is 5.92. The lowest BCUT2D eigenvalue weighted by atomic mass is 9.77. The van der Waals surface area contributed by atoms with Gasteiger partial charge in [0.25, 0.3) is 0 Å². The molecule has 0 heterocycles. The first kappa shape index (κ1) is 15.3. The van der Waals surface area contributed by atoms with Crippen molar-refractivity contribution in [1.82, 2.24) is 0 Å². The lowest BCUT2D eigenvalue weighted by Gasteiger charge is -2.27. The van der Waals surface area contributed by atoms with Crippen molar-refractivity contribution in [2.24, 2.45) is 17.3 Å². The van der Waals surface area contributed by atoms with Crippen LogP contribution in [0.3, 0.4) is 0 Å². The highest BCUT2D eigenvalue weighted by Gasteiger charge is 2.33. The summed E-state index contributed by atoms with van der Waals surface area (Å²) in [5.74, 6) is 0.697. The van der Waals surface area contributed by atoms with Gasteiger partial charge in [-0.3, -0.25) is 0 Å². The molecule has 0 saturated carbocycles. The Bertz CT molecular complexity index is 369. The number of hydrogen-bond acceptors (Lipinski definition) is 2. The van der Waals surface area contributed by atoms with Gasteiger partial charge in [-0.2, -0.15) is 0 Å². The van der Waals surface area contributed by atoms with Crippen LogP contribution in [-0.4, -0.2) is 11.5 Å². The van der Waals surface area contributed by atoms with Crippen LogP contribution < -0.4 is 0 Å². The lowest BCUT2D eigenvalue weighted by molar-refractivity contribution is 0.111. The third-order valence-electron chi connectivity index (χ3n) is 4.29. The van der Waals surface area contributed by atoms with Gasteiger partial charge in [0.05, 0.1) is 0 Å². The van der Waals surface area contributed by atoms with Gasteiger partial charge in [0.2, 0.25) is 0 Å². The molecule has 0 amide bonds. The molecule has 1 rings (SSSR count). The molecule has 2 nitrogen and oxygen atoms in total. The van der Waals surface area contributed by atoms with Crippen molar-refractivity contribution < 1.29 is 9.53 Å². The van der Waals surface area contributed by atoms with E-state index in [0.717, 1.165) is 6.42 Å². The molecule has 0 aromatic carbocycles. The molecule has 0 aromatic rings. The lowest BCUT2D eigenvalue weighted by Crippen LogP contribution is -2.20. The van der Waals surface area contributed by atoms with Crippen molar-refractivity contribution in [2.75, 3.05) is 0 Å². The zero-order valence-corrected chi connectivity index (χ0v) is 12.6. The minimum atomic E-state index is -0.735. The first-order chi connectivity index (χ1) is 8.25. The topological polar surface area (TPSA) is 26.3 Å². The van der Waals surface area contributed by atoms with Gasteiger partial charge in [-0.05, 0) is 31.6 Å². The molecule has 1 aliphatic carbocycles. The summed E-state index contributed by atoms with van der Waals surface area (Å²) in [4.78, 5) is 10.7. The number of hydrogen-bond donors (Lipinski definition) is 0. The van der Waals surface area contributed by atoms with E-state index in [4.69, 9.17) is 16.3 Å². The van der Waals surface area contributed by atoms with Crippen molar-refractivity contribution in [3.8, 4) is 0 Å². The summed E-state index contributed by atoms with van der Waals surface area (Å²) in [6.45, 7) is 10.6. The normalized spacial score (nSPS) is 25.9. The molecule has 0 aliphatic heterocycles. The minimum Gasteiger partial charge on any atom is -0.450 e. The molecule has 0 aromatic heterocycles. The van der Waals surface area contributed by atoms with Crippen LogP contribution in [0.25, 0.3) is 0 Å². The molecule has 1 aliphatic rings. The molecule has 3 unspecified atom stereocenters. The van der Waals surface area contributed by atoms with Crippen LogP contribution in [0.5, 0.6) is 0 Å². The molecule has 18 heavy (non-hydrogen) atoms. The van der Waals surface area contributed by atoms with E-state index >= 15 is 0 Å². The maximum Gasteiger partial charge on any atom is 0.404 e. The Morgan fingerprint density at radius 2 is 2.17 bits per heavy atom. The van der Waals surface area contributed by atoms with Gasteiger partial charge in [0, 0.05) is 17.5 Å². The van der Waals surface area contributed by atoms with Crippen LogP contribution in [0.15, 0.2) is 23.8 Å². The van der Waals surface area contributed by atoms with Crippen molar-refractivity contribution in [2.45, 2.75) is 47.1 Å². The molecule has 3 heteroatoms. The Balaban J connectivity index is 2.58. The van der Waals surface area contributed by atoms with Gasteiger partial charge in [-0.1, -0.05) is 44.6 Å². The summed E-state index contributed by atoms with van der Waals surface area (Å²) in [5, 5.41) is 0. The third kappa shape index (κ3) is 3.61. The Labute approximate surface area is 115 Å². The highest BCUT2D eigenvalue weighted by atomic mass is 35.5. The zero-order chi connectivity index (χ0) is 13.9. The first-order valence-electron chi connectivity index (χ1n) is 6.46. The summed E-state index contributed by atoms with van der Waals surface area (Å²) >= 11 is 5.21. The first-order valence-corrected chi connectivity index (χ1v) is 6.84. The molecule has 0 spiro atoms. The molecule has 102 valence electrons. The SMILES string of the molecule is CC1=CCC(/C=C/C(C)C(C)OC(=O)Cl)C1(C)C. The van der Waals surface area contributed by atoms with Gasteiger partial charge >= 0.3 is 5.43 Å². The third-order valence-corrected chi connectivity index (χ3v) is 4.38. The fourth-order valence-corrected chi connectivity index (χ4v) is 2.33. The number of rotatable bonds is 4. The Hall–Kier alpha value is -0.760. The van der Waals surface area contributed by atoms with E-state index in [1.807, 2.05) is 13.8 Å². The number of halogens is 1. The molecule has 0 N–H and O–H groups in total. The second-order valence-electron chi connectivity index (χ2n) is 5.76. The van der Waals surface area contributed by atoms with Crippen LogP contribution >= 0.6 is 11.6 Å². The van der Waals surface area contributed by atoms with E-state index in [9.17, 15) is 4.79 Å². The standard InChI is InChI=1S/C15H23ClO2/c1-10(12(3)18-14(16)17)6-8-13-9-7-11(2)15(13,4)5/h6-8,10,12-13H,9H2,1-5H3/b8-6+. The van der Waals surface area contributed by atoms with Crippen LogP contribution in [-0.2, 0) is 4.74 Å². The predicted molar refractivity (Wildman–Crippen MR) is 75.7 cm³/mol. The summed E-state index contributed by atoms with van der Waals surface area (Å²) in [6, 6.07) is 0. The van der Waals surface area contributed by atoms with E-state index in [1.165, 1.54) is 5.57 Å². The van der Waals surface area contributed by atoms with Crippen molar-refractivity contribution in [3.63, 3.8) is 0 Å². The Morgan fingerprint density at radius 1 is 1.56 bits per heavy atom.